The van der Waals surface area contributed by atoms with E-state index in [4.69, 9.17) is 4.42 Å². The van der Waals surface area contributed by atoms with Gasteiger partial charge in [0.1, 0.15) is 5.76 Å². The van der Waals surface area contributed by atoms with E-state index in [0.29, 0.717) is 23.2 Å². The lowest BCUT2D eigenvalue weighted by atomic mass is 10.0. The Morgan fingerprint density at radius 3 is 2.84 bits per heavy atom. The average Bonchev–Trinajstić information content (AvgIpc) is 3.30. The fourth-order valence-corrected chi connectivity index (χ4v) is 5.88. The van der Waals surface area contributed by atoms with Crippen molar-refractivity contribution >= 4 is 26.8 Å². The zero-order valence-electron chi connectivity index (χ0n) is 17.3. The van der Waals surface area contributed by atoms with Gasteiger partial charge in [0.25, 0.3) is 5.91 Å². The first-order valence-corrected chi connectivity index (χ1v) is 11.8. The maximum Gasteiger partial charge on any atom is 0.252 e. The summed E-state index contributed by atoms with van der Waals surface area (Å²) >= 11 is 0. The Bertz CT molecular complexity index is 1250. The van der Waals surface area contributed by atoms with Crippen molar-refractivity contribution in [2.24, 2.45) is 0 Å². The molecule has 3 heterocycles. The molecule has 4 rings (SSSR count). The van der Waals surface area contributed by atoms with Gasteiger partial charge in [0.15, 0.2) is 0 Å². The predicted molar refractivity (Wildman–Crippen MR) is 116 cm³/mol. The monoisotopic (exact) mass is 443 g/mol. The highest BCUT2D eigenvalue weighted by atomic mass is 32.2. The van der Waals surface area contributed by atoms with Crippen LogP contribution in [0.5, 0.6) is 0 Å². The number of aromatic amines is 1. The smallest absolute Gasteiger partial charge is 0.252 e. The second-order valence-corrected chi connectivity index (χ2v) is 9.58. The second-order valence-electron chi connectivity index (χ2n) is 7.69. The van der Waals surface area contributed by atoms with E-state index in [0.717, 1.165) is 25.7 Å². The normalized spacial score (nSPS) is 17.6. The summed E-state index contributed by atoms with van der Waals surface area (Å²) in [5.41, 5.74) is 0.0849. The number of carbonyl (C=O) groups excluding carboxylic acids is 1. The Kier molecular flexibility index (Phi) is 5.97. The van der Waals surface area contributed by atoms with Crippen molar-refractivity contribution in [1.29, 1.82) is 0 Å². The van der Waals surface area contributed by atoms with Gasteiger partial charge < -0.3 is 14.7 Å². The molecule has 0 radical (unpaired) electrons. The number of carbonyl (C=O) groups is 1. The van der Waals surface area contributed by atoms with E-state index in [1.165, 1.54) is 30.5 Å². The van der Waals surface area contributed by atoms with Gasteiger partial charge in [0.05, 0.1) is 23.3 Å². The van der Waals surface area contributed by atoms with Gasteiger partial charge in [0.2, 0.25) is 15.6 Å². The summed E-state index contributed by atoms with van der Waals surface area (Å²) in [5.74, 6) is 0.0907. The molecule has 1 aromatic carbocycles. The Balaban J connectivity index is 1.72. The first-order chi connectivity index (χ1) is 14.9. The van der Waals surface area contributed by atoms with Crippen LogP contribution in [-0.4, -0.2) is 36.2 Å². The summed E-state index contributed by atoms with van der Waals surface area (Å²) in [6, 6.07) is 9.10. The van der Waals surface area contributed by atoms with Crippen molar-refractivity contribution in [1.82, 2.24) is 14.6 Å². The van der Waals surface area contributed by atoms with Gasteiger partial charge in [0, 0.05) is 29.6 Å². The number of pyridine rings is 1. The van der Waals surface area contributed by atoms with Crippen LogP contribution in [0.25, 0.3) is 10.9 Å². The molecule has 2 N–H and O–H groups in total. The first-order valence-electron chi connectivity index (χ1n) is 10.4. The maximum absolute atomic E-state index is 13.4. The van der Waals surface area contributed by atoms with Crippen LogP contribution in [-0.2, 0) is 16.6 Å². The molecule has 0 aliphatic carbocycles. The topological polar surface area (TPSA) is 112 Å². The number of H-pyrrole nitrogens is 1. The number of sulfonamides is 1. The van der Waals surface area contributed by atoms with Crippen molar-refractivity contribution in [2.75, 3.05) is 6.54 Å². The van der Waals surface area contributed by atoms with Crippen LogP contribution in [0.4, 0.5) is 0 Å². The van der Waals surface area contributed by atoms with Crippen LogP contribution in [0.3, 0.4) is 0 Å². The Hall–Kier alpha value is -2.91. The van der Waals surface area contributed by atoms with Crippen molar-refractivity contribution in [2.45, 2.75) is 50.1 Å². The summed E-state index contributed by atoms with van der Waals surface area (Å²) in [7, 11) is -3.72. The Morgan fingerprint density at radius 2 is 2.10 bits per heavy atom. The number of amides is 1. The van der Waals surface area contributed by atoms with Gasteiger partial charge in [-0.15, -0.1) is 0 Å². The molecular weight excluding hydrogens is 418 g/mol. The SMILES string of the molecule is CCC1CCCCN1S(=O)(=O)c1ccc2[nH]c(=O)cc(C(=O)NCc3ccco3)c2c1. The van der Waals surface area contributed by atoms with E-state index < -0.39 is 21.5 Å². The van der Waals surface area contributed by atoms with Gasteiger partial charge >= 0.3 is 0 Å². The second kappa shape index (κ2) is 8.68. The molecule has 1 aliphatic rings. The van der Waals surface area contributed by atoms with Gasteiger partial charge in [-0.25, -0.2) is 8.42 Å². The van der Waals surface area contributed by atoms with Crippen molar-refractivity contribution in [3.05, 3.63) is 64.3 Å². The molecule has 1 fully saturated rings. The summed E-state index contributed by atoms with van der Waals surface area (Å²) < 4.78 is 33.5. The molecular formula is C22H25N3O5S. The molecule has 1 unspecified atom stereocenters. The largest absolute Gasteiger partial charge is 0.467 e. The van der Waals surface area contributed by atoms with E-state index in [2.05, 4.69) is 10.3 Å². The number of furan rings is 1. The Morgan fingerprint density at radius 1 is 1.26 bits per heavy atom. The van der Waals surface area contributed by atoms with Crippen LogP contribution < -0.4 is 10.9 Å². The van der Waals surface area contributed by atoms with Gasteiger partial charge in [-0.3, -0.25) is 9.59 Å². The van der Waals surface area contributed by atoms with E-state index >= 15 is 0 Å². The zero-order valence-corrected chi connectivity index (χ0v) is 18.1. The molecule has 1 saturated heterocycles. The molecule has 1 amide bonds. The number of aromatic nitrogens is 1. The van der Waals surface area contributed by atoms with Crippen molar-refractivity contribution < 1.29 is 17.6 Å². The number of benzene rings is 1. The third-order valence-electron chi connectivity index (χ3n) is 5.71. The van der Waals surface area contributed by atoms with Gasteiger partial charge in [-0.1, -0.05) is 13.3 Å². The minimum absolute atomic E-state index is 0.0268. The number of hydrogen-bond acceptors (Lipinski definition) is 5. The molecule has 164 valence electrons. The minimum Gasteiger partial charge on any atom is -0.467 e. The van der Waals surface area contributed by atoms with Crippen LogP contribution in [0.2, 0.25) is 0 Å². The van der Waals surface area contributed by atoms with E-state index in [-0.39, 0.29) is 23.0 Å². The summed E-state index contributed by atoms with van der Waals surface area (Å²) in [5, 5.41) is 3.09. The summed E-state index contributed by atoms with van der Waals surface area (Å²) in [4.78, 5) is 27.7. The van der Waals surface area contributed by atoms with Crippen LogP contribution in [0.1, 0.15) is 48.7 Å². The average molecular weight is 444 g/mol. The number of rotatable bonds is 6. The third-order valence-corrected chi connectivity index (χ3v) is 7.66. The fourth-order valence-electron chi connectivity index (χ4n) is 4.09. The fraction of sp³-hybridized carbons (Fsp3) is 0.364. The standard InChI is InChI=1S/C22H25N3O5S/c1-2-15-6-3-4-10-25(15)31(28,29)17-8-9-20-18(12-17)19(13-21(26)24-20)22(27)23-14-16-7-5-11-30-16/h5,7-9,11-13,15H,2-4,6,10,14H2,1H3,(H,23,27)(H,24,26). The van der Waals surface area contributed by atoms with Crippen molar-refractivity contribution in [3.63, 3.8) is 0 Å². The molecule has 0 bridgehead atoms. The zero-order chi connectivity index (χ0) is 22.0. The van der Waals surface area contributed by atoms with Crippen LogP contribution >= 0.6 is 0 Å². The molecule has 9 heteroatoms. The lowest BCUT2D eigenvalue weighted by Gasteiger charge is -2.34. The predicted octanol–water partition coefficient (Wildman–Crippen LogP) is 3.00. The summed E-state index contributed by atoms with van der Waals surface area (Å²) in [6.45, 7) is 2.64. The molecule has 3 aromatic rings. The highest BCUT2D eigenvalue weighted by Crippen LogP contribution is 2.29. The van der Waals surface area contributed by atoms with Crippen LogP contribution in [0, 0.1) is 0 Å². The molecule has 2 aromatic heterocycles. The number of fused-ring (bicyclic) bond motifs is 1. The quantitative estimate of drug-likeness (QED) is 0.608. The third kappa shape index (κ3) is 4.28. The molecule has 8 nitrogen and oxygen atoms in total. The van der Waals surface area contributed by atoms with Gasteiger partial charge in [-0.05, 0) is 49.6 Å². The minimum atomic E-state index is -3.72. The number of nitrogens with zero attached hydrogens (tertiary/aromatic N) is 1. The summed E-state index contributed by atoms with van der Waals surface area (Å²) in [6.07, 6.45) is 4.95. The van der Waals surface area contributed by atoms with E-state index in [1.54, 1.807) is 16.4 Å². The number of hydrogen-bond donors (Lipinski definition) is 2. The molecule has 31 heavy (non-hydrogen) atoms. The maximum atomic E-state index is 13.4. The lowest BCUT2D eigenvalue weighted by molar-refractivity contribution is 0.0949. The highest BCUT2D eigenvalue weighted by molar-refractivity contribution is 7.89. The number of piperidine rings is 1. The lowest BCUT2D eigenvalue weighted by Crippen LogP contribution is -2.43. The van der Waals surface area contributed by atoms with Crippen molar-refractivity contribution in [3.8, 4) is 0 Å². The molecule has 1 aliphatic heterocycles. The molecule has 1 atom stereocenters. The molecule has 0 spiro atoms. The van der Waals surface area contributed by atoms with E-state index in [9.17, 15) is 18.0 Å². The van der Waals surface area contributed by atoms with Crippen LogP contribution in [0.15, 0.2) is 56.8 Å². The number of nitrogens with one attached hydrogen (secondary N) is 2. The van der Waals surface area contributed by atoms with E-state index in [1.807, 2.05) is 6.92 Å². The Labute approximate surface area is 180 Å². The first kappa shape index (κ1) is 21.3. The molecule has 0 saturated carbocycles. The highest BCUT2D eigenvalue weighted by Gasteiger charge is 2.32. The van der Waals surface area contributed by atoms with Gasteiger partial charge in [-0.2, -0.15) is 4.31 Å².